The van der Waals surface area contributed by atoms with E-state index < -0.39 is 5.92 Å². The summed E-state index contributed by atoms with van der Waals surface area (Å²) in [6.07, 6.45) is 1.54. The van der Waals surface area contributed by atoms with Gasteiger partial charge in [-0.05, 0) is 42.2 Å². The molecule has 2 aliphatic rings. The Kier molecular flexibility index (Phi) is 5.57. The zero-order chi connectivity index (χ0) is 21.3. The average molecular weight is 405 g/mol. The number of hydrogen-bond acceptors (Lipinski definition) is 3. The van der Waals surface area contributed by atoms with Gasteiger partial charge in [-0.1, -0.05) is 38.1 Å². The maximum Gasteiger partial charge on any atom is 0.229 e. The molecule has 1 unspecified atom stereocenters. The van der Waals surface area contributed by atoms with E-state index in [1.165, 1.54) is 0 Å². The SMILES string of the molecule is CC(C)c1cccc(N2CC(C(=O)Nc3ccccc3N3CCCC3=O)CC2=O)c1. The van der Waals surface area contributed by atoms with E-state index in [2.05, 4.69) is 25.2 Å². The van der Waals surface area contributed by atoms with Crippen molar-refractivity contribution in [1.29, 1.82) is 0 Å². The minimum absolute atomic E-state index is 0.0425. The molecule has 0 aliphatic carbocycles. The van der Waals surface area contributed by atoms with Gasteiger partial charge in [-0.3, -0.25) is 14.4 Å². The number of para-hydroxylation sites is 2. The van der Waals surface area contributed by atoms with Crippen molar-refractivity contribution in [2.45, 2.75) is 39.0 Å². The fourth-order valence-corrected chi connectivity index (χ4v) is 4.14. The van der Waals surface area contributed by atoms with E-state index in [-0.39, 0.29) is 24.1 Å². The number of nitrogens with zero attached hydrogens (tertiary/aromatic N) is 2. The highest BCUT2D eigenvalue weighted by atomic mass is 16.2. The lowest BCUT2D eigenvalue weighted by molar-refractivity contribution is -0.122. The first kappa shape index (κ1) is 20.1. The highest BCUT2D eigenvalue weighted by Crippen LogP contribution is 2.32. The Morgan fingerprint density at radius 2 is 1.83 bits per heavy atom. The molecule has 2 heterocycles. The average Bonchev–Trinajstić information content (AvgIpc) is 3.34. The fraction of sp³-hybridized carbons (Fsp3) is 0.375. The zero-order valence-corrected chi connectivity index (χ0v) is 17.4. The Morgan fingerprint density at radius 1 is 1.03 bits per heavy atom. The van der Waals surface area contributed by atoms with Crippen LogP contribution in [-0.4, -0.2) is 30.8 Å². The van der Waals surface area contributed by atoms with Gasteiger partial charge in [0.2, 0.25) is 17.7 Å². The molecule has 2 saturated heterocycles. The van der Waals surface area contributed by atoms with E-state index in [9.17, 15) is 14.4 Å². The Labute approximate surface area is 176 Å². The van der Waals surface area contributed by atoms with Gasteiger partial charge >= 0.3 is 0 Å². The van der Waals surface area contributed by atoms with Crippen LogP contribution in [0.3, 0.4) is 0 Å². The summed E-state index contributed by atoms with van der Waals surface area (Å²) in [6, 6.07) is 15.3. The van der Waals surface area contributed by atoms with Gasteiger partial charge < -0.3 is 15.1 Å². The molecule has 0 aromatic heterocycles. The number of rotatable bonds is 5. The van der Waals surface area contributed by atoms with Crippen molar-refractivity contribution in [2.75, 3.05) is 28.2 Å². The second-order valence-corrected chi connectivity index (χ2v) is 8.31. The number of amides is 3. The summed E-state index contributed by atoms with van der Waals surface area (Å²) in [5.74, 6) is -0.220. The minimum atomic E-state index is -0.428. The van der Waals surface area contributed by atoms with Gasteiger partial charge in [-0.25, -0.2) is 0 Å². The van der Waals surface area contributed by atoms with Gasteiger partial charge in [0.05, 0.1) is 17.3 Å². The normalized spacial score (nSPS) is 19.1. The Hall–Kier alpha value is -3.15. The predicted octanol–water partition coefficient (Wildman–Crippen LogP) is 3.93. The lowest BCUT2D eigenvalue weighted by Gasteiger charge is -2.21. The number of hydrogen-bond donors (Lipinski definition) is 1. The second-order valence-electron chi connectivity index (χ2n) is 8.31. The number of carbonyl (C=O) groups is 3. The third kappa shape index (κ3) is 3.95. The molecular weight excluding hydrogens is 378 g/mol. The summed E-state index contributed by atoms with van der Waals surface area (Å²) in [7, 11) is 0. The van der Waals surface area contributed by atoms with Gasteiger partial charge in [-0.15, -0.1) is 0 Å². The molecule has 1 N–H and O–H groups in total. The van der Waals surface area contributed by atoms with Crippen LogP contribution >= 0.6 is 0 Å². The third-order valence-corrected chi connectivity index (χ3v) is 5.87. The molecule has 1 atom stereocenters. The summed E-state index contributed by atoms with van der Waals surface area (Å²) in [6.45, 7) is 5.25. The summed E-state index contributed by atoms with van der Waals surface area (Å²) in [5.41, 5.74) is 3.34. The van der Waals surface area contributed by atoms with Crippen LogP contribution in [0.2, 0.25) is 0 Å². The first-order chi connectivity index (χ1) is 14.4. The molecule has 30 heavy (non-hydrogen) atoms. The van der Waals surface area contributed by atoms with E-state index in [4.69, 9.17) is 0 Å². The summed E-state index contributed by atoms with van der Waals surface area (Å²) >= 11 is 0. The molecule has 4 rings (SSSR count). The molecule has 0 bridgehead atoms. The van der Waals surface area contributed by atoms with Gasteiger partial charge in [0.25, 0.3) is 0 Å². The molecular formula is C24H27N3O3. The van der Waals surface area contributed by atoms with Crippen molar-refractivity contribution < 1.29 is 14.4 Å². The van der Waals surface area contributed by atoms with Crippen molar-refractivity contribution >= 4 is 34.8 Å². The number of carbonyl (C=O) groups excluding carboxylic acids is 3. The minimum Gasteiger partial charge on any atom is -0.324 e. The number of anilines is 3. The van der Waals surface area contributed by atoms with E-state index in [1.807, 2.05) is 36.4 Å². The zero-order valence-electron chi connectivity index (χ0n) is 17.4. The van der Waals surface area contributed by atoms with Gasteiger partial charge in [0.1, 0.15) is 0 Å². The molecule has 156 valence electrons. The van der Waals surface area contributed by atoms with Gasteiger partial charge in [0, 0.05) is 31.6 Å². The lowest BCUT2D eigenvalue weighted by Crippen LogP contribution is -2.29. The van der Waals surface area contributed by atoms with Gasteiger partial charge in [0.15, 0.2) is 0 Å². The molecule has 2 aromatic carbocycles. The monoisotopic (exact) mass is 405 g/mol. The third-order valence-electron chi connectivity index (χ3n) is 5.87. The van der Waals surface area contributed by atoms with E-state index >= 15 is 0 Å². The van der Waals surface area contributed by atoms with Crippen molar-refractivity contribution in [3.63, 3.8) is 0 Å². The second kappa shape index (κ2) is 8.30. The summed E-state index contributed by atoms with van der Waals surface area (Å²) < 4.78 is 0. The van der Waals surface area contributed by atoms with Crippen LogP contribution in [-0.2, 0) is 14.4 Å². The highest BCUT2D eigenvalue weighted by molar-refractivity contribution is 6.06. The first-order valence-corrected chi connectivity index (χ1v) is 10.5. The van der Waals surface area contributed by atoms with E-state index in [0.717, 1.165) is 23.4 Å². The van der Waals surface area contributed by atoms with Crippen molar-refractivity contribution in [1.82, 2.24) is 0 Å². The summed E-state index contributed by atoms with van der Waals surface area (Å²) in [5, 5.41) is 2.96. The predicted molar refractivity (Wildman–Crippen MR) is 118 cm³/mol. The van der Waals surface area contributed by atoms with Crippen LogP contribution in [0, 0.1) is 5.92 Å². The van der Waals surface area contributed by atoms with E-state index in [0.29, 0.717) is 31.1 Å². The van der Waals surface area contributed by atoms with Crippen LogP contribution in [0.1, 0.15) is 44.6 Å². The highest BCUT2D eigenvalue weighted by Gasteiger charge is 2.36. The Morgan fingerprint density at radius 3 is 2.57 bits per heavy atom. The standard InChI is InChI=1S/C24H27N3O3/c1-16(2)17-7-5-8-19(13-17)27-15-18(14-23(27)29)24(30)25-20-9-3-4-10-21(20)26-12-6-11-22(26)28/h3-5,7-10,13,16,18H,6,11-12,14-15H2,1-2H3,(H,25,30). The molecule has 6 nitrogen and oxygen atoms in total. The topological polar surface area (TPSA) is 69.7 Å². The maximum atomic E-state index is 13.0. The quantitative estimate of drug-likeness (QED) is 0.819. The molecule has 0 radical (unpaired) electrons. The summed E-state index contributed by atoms with van der Waals surface area (Å²) in [4.78, 5) is 41.2. The van der Waals surface area contributed by atoms with Crippen molar-refractivity contribution in [2.24, 2.45) is 5.92 Å². The van der Waals surface area contributed by atoms with Crippen LogP contribution in [0.25, 0.3) is 0 Å². The Balaban J connectivity index is 1.49. The molecule has 3 amide bonds. The number of benzene rings is 2. The van der Waals surface area contributed by atoms with Gasteiger partial charge in [-0.2, -0.15) is 0 Å². The smallest absolute Gasteiger partial charge is 0.229 e. The van der Waals surface area contributed by atoms with Crippen molar-refractivity contribution in [3.8, 4) is 0 Å². The van der Waals surface area contributed by atoms with Crippen LogP contribution in [0.5, 0.6) is 0 Å². The molecule has 0 saturated carbocycles. The van der Waals surface area contributed by atoms with Crippen LogP contribution in [0.4, 0.5) is 17.1 Å². The largest absolute Gasteiger partial charge is 0.324 e. The Bertz CT molecular complexity index is 985. The molecule has 2 fully saturated rings. The molecule has 2 aromatic rings. The lowest BCUT2D eigenvalue weighted by atomic mass is 10.0. The molecule has 0 spiro atoms. The van der Waals surface area contributed by atoms with E-state index in [1.54, 1.807) is 15.9 Å². The molecule has 6 heteroatoms. The van der Waals surface area contributed by atoms with Crippen LogP contribution in [0.15, 0.2) is 48.5 Å². The maximum absolute atomic E-state index is 13.0. The molecule has 2 aliphatic heterocycles. The number of nitrogens with one attached hydrogen (secondary N) is 1. The van der Waals surface area contributed by atoms with Crippen LogP contribution < -0.4 is 15.1 Å². The van der Waals surface area contributed by atoms with Crippen molar-refractivity contribution in [3.05, 3.63) is 54.1 Å². The first-order valence-electron chi connectivity index (χ1n) is 10.5. The fourth-order valence-electron chi connectivity index (χ4n) is 4.14.